The quantitative estimate of drug-likeness (QED) is 0.456. The third kappa shape index (κ3) is 4.96. The summed E-state index contributed by atoms with van der Waals surface area (Å²) >= 11 is 0. The van der Waals surface area contributed by atoms with Crippen molar-refractivity contribution in [2.75, 3.05) is 0 Å². The zero-order chi connectivity index (χ0) is 18.4. The highest BCUT2D eigenvalue weighted by atomic mass is 16.3. The van der Waals surface area contributed by atoms with E-state index in [9.17, 15) is 15.0 Å². The number of carbonyl (C=O) groups is 1. The first-order valence-electron chi connectivity index (χ1n) is 8.88. The van der Waals surface area contributed by atoms with Crippen LogP contribution in [0.3, 0.4) is 0 Å². The Balaban J connectivity index is 1.86. The zero-order valence-corrected chi connectivity index (χ0v) is 15.1. The van der Waals surface area contributed by atoms with Crippen LogP contribution in [0.1, 0.15) is 40.0 Å². The molecule has 4 atom stereocenters. The minimum Gasteiger partial charge on any atom is -0.512 e. The Kier molecular flexibility index (Phi) is 6.84. The maximum Gasteiger partial charge on any atom is 0.250 e. The minimum atomic E-state index is -0.340. The van der Waals surface area contributed by atoms with E-state index in [1.165, 1.54) is 0 Å². The molecule has 1 amide bonds. The van der Waals surface area contributed by atoms with Crippen molar-refractivity contribution in [3.05, 3.63) is 47.5 Å². The lowest BCUT2D eigenvalue weighted by molar-refractivity contribution is -0.124. The Hall–Kier alpha value is -2.05. The molecule has 0 aliphatic heterocycles. The molecule has 0 fully saturated rings. The first-order chi connectivity index (χ1) is 11.9. The number of carbonyl (C=O) groups excluding carboxylic acids is 1. The van der Waals surface area contributed by atoms with Crippen molar-refractivity contribution in [1.29, 1.82) is 0 Å². The maximum atomic E-state index is 12.3. The van der Waals surface area contributed by atoms with Crippen LogP contribution < -0.4 is 16.2 Å². The van der Waals surface area contributed by atoms with Crippen LogP contribution in [0.15, 0.2) is 47.5 Å². The van der Waals surface area contributed by atoms with Gasteiger partial charge in [0.2, 0.25) is 0 Å². The van der Waals surface area contributed by atoms with E-state index < -0.39 is 0 Å². The average Bonchev–Trinajstić information content (AvgIpc) is 2.62. The first kappa shape index (κ1) is 19.3. The first-order valence-corrected chi connectivity index (χ1v) is 8.88. The van der Waals surface area contributed by atoms with Crippen molar-refractivity contribution in [3.63, 3.8) is 0 Å². The van der Waals surface area contributed by atoms with Crippen molar-refractivity contribution in [2.45, 2.75) is 58.2 Å². The molecule has 138 valence electrons. The number of nitrogens with one attached hydrogen (secondary N) is 3. The Bertz CT molecular complexity index is 607. The standard InChI is InChI=1S/C19H29N3O3/c1-4-16(15-10-11-17(23)12(2)18(15)24)21-22-19(25)13(3)20-14-8-6-5-7-9-14/h5-8,11,13-16,20-21,23-24H,4,9-10H2,1-3H3,(H,22,25). The summed E-state index contributed by atoms with van der Waals surface area (Å²) in [6, 6.07) is -0.297. The highest BCUT2D eigenvalue weighted by Crippen LogP contribution is 2.30. The van der Waals surface area contributed by atoms with Gasteiger partial charge in [-0.3, -0.25) is 15.5 Å². The second kappa shape index (κ2) is 8.87. The predicted octanol–water partition coefficient (Wildman–Crippen LogP) is 2.54. The van der Waals surface area contributed by atoms with Crippen LogP contribution in [0.2, 0.25) is 0 Å². The highest BCUT2D eigenvalue weighted by molar-refractivity contribution is 5.80. The summed E-state index contributed by atoms with van der Waals surface area (Å²) in [5.74, 6) is -0.00868. The van der Waals surface area contributed by atoms with Crippen LogP contribution in [0, 0.1) is 5.92 Å². The van der Waals surface area contributed by atoms with Crippen molar-refractivity contribution in [3.8, 4) is 0 Å². The molecule has 0 heterocycles. The predicted molar refractivity (Wildman–Crippen MR) is 98.8 cm³/mol. The normalized spacial score (nSPS) is 25.5. The SMILES string of the molecule is CCC(NNC(=O)C(C)NC1C=CC=CC1)C1CC=C(O)C(C)=C1O. The van der Waals surface area contributed by atoms with Gasteiger partial charge in [-0.15, -0.1) is 0 Å². The van der Waals surface area contributed by atoms with Gasteiger partial charge < -0.3 is 10.2 Å². The molecule has 0 saturated carbocycles. The fraction of sp³-hybridized carbons (Fsp3) is 0.526. The minimum absolute atomic E-state index is 0.118. The molecule has 2 aliphatic rings. The molecule has 2 rings (SSSR count). The number of hydrogen-bond acceptors (Lipinski definition) is 5. The van der Waals surface area contributed by atoms with E-state index in [2.05, 4.69) is 22.2 Å². The van der Waals surface area contributed by atoms with E-state index in [4.69, 9.17) is 0 Å². The van der Waals surface area contributed by atoms with E-state index in [0.717, 1.165) is 12.8 Å². The Morgan fingerprint density at radius 1 is 1.32 bits per heavy atom. The van der Waals surface area contributed by atoms with Gasteiger partial charge in [0.05, 0.1) is 6.04 Å². The molecule has 0 spiro atoms. The third-order valence-electron chi connectivity index (χ3n) is 4.83. The summed E-state index contributed by atoms with van der Waals surface area (Å²) < 4.78 is 0. The Morgan fingerprint density at radius 2 is 2.08 bits per heavy atom. The zero-order valence-electron chi connectivity index (χ0n) is 15.1. The van der Waals surface area contributed by atoms with Gasteiger partial charge in [-0.1, -0.05) is 31.2 Å². The molecule has 6 heteroatoms. The topological polar surface area (TPSA) is 93.6 Å². The van der Waals surface area contributed by atoms with Gasteiger partial charge in [-0.05, 0) is 39.2 Å². The molecule has 2 aliphatic carbocycles. The number of aliphatic hydroxyl groups is 2. The lowest BCUT2D eigenvalue weighted by Crippen LogP contribution is -2.54. The van der Waals surface area contributed by atoms with Gasteiger partial charge >= 0.3 is 0 Å². The van der Waals surface area contributed by atoms with Crippen molar-refractivity contribution >= 4 is 5.91 Å². The molecule has 5 N–H and O–H groups in total. The van der Waals surface area contributed by atoms with Gasteiger partial charge in [-0.2, -0.15) is 0 Å². The monoisotopic (exact) mass is 347 g/mol. The van der Waals surface area contributed by atoms with E-state index in [1.807, 2.05) is 32.1 Å². The van der Waals surface area contributed by atoms with E-state index >= 15 is 0 Å². The molecule has 4 unspecified atom stereocenters. The second-order valence-electron chi connectivity index (χ2n) is 6.63. The van der Waals surface area contributed by atoms with Crippen LogP contribution in [-0.4, -0.2) is 34.2 Å². The number of rotatable bonds is 7. The molecule has 0 radical (unpaired) electrons. The number of hydrazine groups is 1. The van der Waals surface area contributed by atoms with Gasteiger partial charge in [-0.25, -0.2) is 5.43 Å². The molecule has 0 aromatic carbocycles. The van der Waals surface area contributed by atoms with Crippen LogP contribution in [0.4, 0.5) is 0 Å². The Morgan fingerprint density at radius 3 is 2.72 bits per heavy atom. The summed E-state index contributed by atoms with van der Waals surface area (Å²) in [6.07, 6.45) is 11.9. The van der Waals surface area contributed by atoms with Crippen LogP contribution >= 0.6 is 0 Å². The van der Waals surface area contributed by atoms with Crippen LogP contribution in [0.5, 0.6) is 0 Å². The van der Waals surface area contributed by atoms with Crippen LogP contribution in [-0.2, 0) is 4.79 Å². The molecular formula is C19H29N3O3. The lowest BCUT2D eigenvalue weighted by Gasteiger charge is -2.30. The molecule has 0 bridgehead atoms. The molecule has 0 aromatic rings. The van der Waals surface area contributed by atoms with E-state index in [0.29, 0.717) is 12.0 Å². The highest BCUT2D eigenvalue weighted by Gasteiger charge is 2.29. The molecule has 0 aromatic heterocycles. The number of allylic oxidation sites excluding steroid dienone is 4. The second-order valence-corrected chi connectivity index (χ2v) is 6.63. The number of amides is 1. The number of hydrogen-bond donors (Lipinski definition) is 5. The average molecular weight is 347 g/mol. The molecule has 6 nitrogen and oxygen atoms in total. The van der Waals surface area contributed by atoms with Crippen molar-refractivity contribution in [1.82, 2.24) is 16.2 Å². The Labute approximate surface area is 149 Å². The fourth-order valence-electron chi connectivity index (χ4n) is 3.13. The smallest absolute Gasteiger partial charge is 0.250 e. The molecule has 25 heavy (non-hydrogen) atoms. The summed E-state index contributed by atoms with van der Waals surface area (Å²) in [4.78, 5) is 12.3. The largest absolute Gasteiger partial charge is 0.512 e. The molecular weight excluding hydrogens is 318 g/mol. The maximum absolute atomic E-state index is 12.3. The third-order valence-corrected chi connectivity index (χ3v) is 4.83. The summed E-state index contributed by atoms with van der Waals surface area (Å²) in [5, 5.41) is 23.3. The van der Waals surface area contributed by atoms with Gasteiger partial charge in [0.1, 0.15) is 11.5 Å². The van der Waals surface area contributed by atoms with Gasteiger partial charge in [0, 0.05) is 23.6 Å². The van der Waals surface area contributed by atoms with E-state index in [1.54, 1.807) is 13.0 Å². The van der Waals surface area contributed by atoms with E-state index in [-0.39, 0.29) is 41.5 Å². The lowest BCUT2D eigenvalue weighted by atomic mass is 9.86. The molecule has 0 saturated heterocycles. The van der Waals surface area contributed by atoms with Gasteiger partial charge in [0.25, 0.3) is 5.91 Å². The van der Waals surface area contributed by atoms with Gasteiger partial charge in [0.15, 0.2) is 0 Å². The number of aliphatic hydroxyl groups excluding tert-OH is 2. The van der Waals surface area contributed by atoms with Crippen LogP contribution in [0.25, 0.3) is 0 Å². The summed E-state index contributed by atoms with van der Waals surface area (Å²) in [6.45, 7) is 5.51. The fourth-order valence-corrected chi connectivity index (χ4v) is 3.13. The summed E-state index contributed by atoms with van der Waals surface area (Å²) in [7, 11) is 0. The van der Waals surface area contributed by atoms with Crippen molar-refractivity contribution in [2.24, 2.45) is 5.92 Å². The van der Waals surface area contributed by atoms with Crippen molar-refractivity contribution < 1.29 is 15.0 Å². The summed E-state index contributed by atoms with van der Waals surface area (Å²) in [5.41, 5.74) is 6.30.